The summed E-state index contributed by atoms with van der Waals surface area (Å²) in [5.74, 6) is -0.270. The molecule has 1 N–H and O–H groups in total. The van der Waals surface area contributed by atoms with E-state index in [-0.39, 0.29) is 18.3 Å². The van der Waals surface area contributed by atoms with E-state index < -0.39 is 16.6 Å². The molecule has 3 heteroatoms. The van der Waals surface area contributed by atoms with E-state index in [1.54, 1.807) is 17.2 Å². The molecule has 4 atom stereocenters. The number of hydrogen-bond acceptors (Lipinski definition) is 3. The van der Waals surface area contributed by atoms with Crippen molar-refractivity contribution in [3.8, 4) is 0 Å². The van der Waals surface area contributed by atoms with Gasteiger partial charge in [-0.15, -0.1) is 13.2 Å². The molecule has 2 rings (SSSR count). The van der Waals surface area contributed by atoms with Crippen LogP contribution in [-0.2, 0) is 9.53 Å². The monoisotopic (exact) mass is 432 g/mol. The van der Waals surface area contributed by atoms with Gasteiger partial charge in [0.05, 0.1) is 12.0 Å². The van der Waals surface area contributed by atoms with Crippen LogP contribution in [0.4, 0.5) is 0 Å². The maximum Gasteiger partial charge on any atom is 0.309 e. The van der Waals surface area contributed by atoms with Crippen LogP contribution in [0.1, 0.15) is 107 Å². The van der Waals surface area contributed by atoms with Gasteiger partial charge in [-0.3, -0.25) is 4.79 Å². The fraction of sp³-hybridized carbons (Fsp3) is 0.750. The average molecular weight is 433 g/mol. The largest absolute Gasteiger partial charge is 0.460 e. The average Bonchev–Trinajstić information content (AvgIpc) is 2.65. The second-order valence-electron chi connectivity index (χ2n) is 11.2. The first kappa shape index (κ1) is 27.7. The molecule has 0 spiro atoms. The zero-order chi connectivity index (χ0) is 24.1. The summed E-state index contributed by atoms with van der Waals surface area (Å²) in [6.07, 6.45) is 11.9. The van der Waals surface area contributed by atoms with Crippen LogP contribution >= 0.6 is 0 Å². The van der Waals surface area contributed by atoms with Gasteiger partial charge in [-0.05, 0) is 72.1 Å². The highest BCUT2D eigenvalue weighted by Gasteiger charge is 2.52. The molecule has 0 aromatic heterocycles. The second-order valence-corrected chi connectivity index (χ2v) is 11.2. The topological polar surface area (TPSA) is 46.5 Å². The Morgan fingerprint density at radius 2 is 1.81 bits per heavy atom. The summed E-state index contributed by atoms with van der Waals surface area (Å²) in [7, 11) is 0. The lowest BCUT2D eigenvalue weighted by atomic mass is 9.58. The molecule has 1 saturated carbocycles. The first-order valence-corrected chi connectivity index (χ1v) is 12.1. The molecular weight excluding hydrogens is 384 g/mol. The first-order chi connectivity index (χ1) is 14.2. The maximum atomic E-state index is 12.1. The molecule has 178 valence electrons. The van der Waals surface area contributed by atoms with E-state index in [0.717, 1.165) is 19.3 Å². The highest BCUT2D eigenvalue weighted by molar-refractivity contribution is 5.71. The van der Waals surface area contributed by atoms with E-state index in [4.69, 9.17) is 4.74 Å². The summed E-state index contributed by atoms with van der Waals surface area (Å²) >= 11 is 0. The van der Waals surface area contributed by atoms with Gasteiger partial charge in [0.2, 0.25) is 0 Å². The van der Waals surface area contributed by atoms with Gasteiger partial charge in [0.15, 0.2) is 0 Å². The molecule has 0 radical (unpaired) electrons. The predicted molar refractivity (Wildman–Crippen MR) is 132 cm³/mol. The van der Waals surface area contributed by atoms with Gasteiger partial charge in [0.25, 0.3) is 0 Å². The van der Waals surface area contributed by atoms with Gasteiger partial charge >= 0.3 is 5.97 Å². The molecule has 31 heavy (non-hydrogen) atoms. The summed E-state index contributed by atoms with van der Waals surface area (Å²) in [6.45, 7) is 24.2. The summed E-state index contributed by atoms with van der Waals surface area (Å²) < 4.78 is 5.36. The fourth-order valence-electron chi connectivity index (χ4n) is 5.49. The molecule has 0 saturated heterocycles. The molecule has 1 fully saturated rings. The van der Waals surface area contributed by atoms with Crippen molar-refractivity contribution < 1.29 is 14.6 Å². The van der Waals surface area contributed by atoms with E-state index in [0.29, 0.717) is 5.41 Å². The number of hydrogen-bond donors (Lipinski definition) is 1. The first-order valence-electron chi connectivity index (χ1n) is 12.1. The van der Waals surface area contributed by atoms with Crippen LogP contribution in [0.25, 0.3) is 0 Å². The van der Waals surface area contributed by atoms with Gasteiger partial charge in [-0.25, -0.2) is 0 Å². The molecule has 0 aliphatic heterocycles. The van der Waals surface area contributed by atoms with Crippen LogP contribution in [0, 0.1) is 16.7 Å². The van der Waals surface area contributed by atoms with Gasteiger partial charge in [-0.2, -0.15) is 0 Å². The molecule has 0 aromatic rings. The van der Waals surface area contributed by atoms with E-state index >= 15 is 0 Å². The van der Waals surface area contributed by atoms with Crippen LogP contribution in [0.5, 0.6) is 0 Å². The maximum absolute atomic E-state index is 12.1. The standard InChI is InChI=1S/C16H28O3.C12H20/c1-7-15(6)10-8-9-12(2)16(15,18)11-13(17)19-14(3,4)5;1-5-11-10(3)8-7-9-12(11,4)6-2/h7,12,18H,1,8-11H2,2-6H3;6H,2,5,7-9H2,1,3-4H3/t12-,15+,16-;/m1./s1. The van der Waals surface area contributed by atoms with Crippen LogP contribution in [0.3, 0.4) is 0 Å². The van der Waals surface area contributed by atoms with Crippen molar-refractivity contribution >= 4 is 5.97 Å². The van der Waals surface area contributed by atoms with E-state index in [9.17, 15) is 9.90 Å². The molecule has 0 aromatic carbocycles. The smallest absolute Gasteiger partial charge is 0.309 e. The Morgan fingerprint density at radius 3 is 2.26 bits per heavy atom. The van der Waals surface area contributed by atoms with E-state index in [1.807, 2.05) is 34.6 Å². The molecule has 2 aliphatic carbocycles. The summed E-state index contributed by atoms with van der Waals surface area (Å²) in [5, 5.41) is 11.1. The molecule has 0 heterocycles. The van der Waals surface area contributed by atoms with Crippen molar-refractivity contribution in [3.05, 3.63) is 36.5 Å². The summed E-state index contributed by atoms with van der Waals surface area (Å²) in [4.78, 5) is 12.1. The quantitative estimate of drug-likeness (QED) is 0.360. The van der Waals surface area contributed by atoms with Crippen molar-refractivity contribution in [2.75, 3.05) is 0 Å². The summed E-state index contributed by atoms with van der Waals surface area (Å²) in [6, 6.07) is 0. The van der Waals surface area contributed by atoms with Crippen LogP contribution in [0.15, 0.2) is 36.5 Å². The van der Waals surface area contributed by atoms with Gasteiger partial charge in [-0.1, -0.05) is 57.4 Å². The lowest BCUT2D eigenvalue weighted by Crippen LogP contribution is -2.54. The minimum Gasteiger partial charge on any atom is -0.460 e. The molecule has 0 bridgehead atoms. The third kappa shape index (κ3) is 6.57. The molecular formula is C28H48O3. The normalized spacial score (nSPS) is 33.8. The Balaban J connectivity index is 0.000000343. The molecule has 1 unspecified atom stereocenters. The van der Waals surface area contributed by atoms with Crippen molar-refractivity contribution in [3.63, 3.8) is 0 Å². The minimum atomic E-state index is -1.06. The second kappa shape index (κ2) is 10.5. The third-order valence-corrected chi connectivity index (χ3v) is 7.68. The Kier molecular flexibility index (Phi) is 9.39. The van der Waals surface area contributed by atoms with Crippen LogP contribution in [-0.4, -0.2) is 22.3 Å². The Bertz CT molecular complexity index is 683. The van der Waals surface area contributed by atoms with E-state index in [2.05, 4.69) is 40.0 Å². The highest BCUT2D eigenvalue weighted by atomic mass is 16.6. The number of carbonyl (C=O) groups excluding carboxylic acids is 1. The van der Waals surface area contributed by atoms with E-state index in [1.165, 1.54) is 25.7 Å². The Morgan fingerprint density at radius 1 is 1.19 bits per heavy atom. The Hall–Kier alpha value is -1.35. The van der Waals surface area contributed by atoms with Crippen LogP contribution in [0.2, 0.25) is 0 Å². The molecule has 3 nitrogen and oxygen atoms in total. The SMILES string of the molecule is C=CC1(C)CCCC(C)=C1CC.C=C[C@@]1(C)CCC[C@@H](C)[C@]1(O)CC(=O)OC(C)(C)C. The van der Waals surface area contributed by atoms with Crippen molar-refractivity contribution in [2.45, 2.75) is 118 Å². The highest BCUT2D eigenvalue weighted by Crippen LogP contribution is 2.50. The number of rotatable bonds is 5. The van der Waals surface area contributed by atoms with Crippen LogP contribution < -0.4 is 0 Å². The Labute approximate surface area is 192 Å². The number of ether oxygens (including phenoxy) is 1. The lowest BCUT2D eigenvalue weighted by Gasteiger charge is -2.50. The van der Waals surface area contributed by atoms with Gasteiger partial charge in [0.1, 0.15) is 5.60 Å². The third-order valence-electron chi connectivity index (χ3n) is 7.68. The predicted octanol–water partition coefficient (Wildman–Crippen LogP) is 7.55. The minimum absolute atomic E-state index is 0.0357. The number of esters is 1. The lowest BCUT2D eigenvalue weighted by molar-refractivity contribution is -0.175. The zero-order valence-corrected chi connectivity index (χ0v) is 21.6. The van der Waals surface area contributed by atoms with Crippen molar-refractivity contribution in [2.24, 2.45) is 16.7 Å². The summed E-state index contributed by atoms with van der Waals surface area (Å²) in [5.41, 5.74) is 1.53. The number of aliphatic hydroxyl groups is 1. The van der Waals surface area contributed by atoms with Crippen molar-refractivity contribution in [1.82, 2.24) is 0 Å². The molecule has 2 aliphatic rings. The van der Waals surface area contributed by atoms with Gasteiger partial charge < -0.3 is 9.84 Å². The molecule has 0 amide bonds. The van der Waals surface area contributed by atoms with Crippen molar-refractivity contribution in [1.29, 1.82) is 0 Å². The fourth-order valence-corrected chi connectivity index (χ4v) is 5.49. The van der Waals surface area contributed by atoms with Gasteiger partial charge in [0, 0.05) is 10.8 Å². The number of allylic oxidation sites excluding steroid dienone is 3. The number of carbonyl (C=O) groups is 1. The zero-order valence-electron chi connectivity index (χ0n) is 21.6.